The first-order valence-electron chi connectivity index (χ1n) is 5.31. The first-order valence-corrected chi connectivity index (χ1v) is 5.69. The quantitative estimate of drug-likeness (QED) is 0.878. The largest absolute Gasteiger partial charge is 0.480 e. The molecule has 0 spiro atoms. The Morgan fingerprint density at radius 1 is 1.41 bits per heavy atom. The number of carboxylic acids is 1. The normalized spacial score (nSPS) is 10.0. The fourth-order valence-corrected chi connectivity index (χ4v) is 1.68. The third kappa shape index (κ3) is 4.07. The molecule has 0 aliphatic rings. The fraction of sp³-hybridized carbons (Fsp3) is 0.333. The Labute approximate surface area is 105 Å². The summed E-state index contributed by atoms with van der Waals surface area (Å²) in [5.74, 6) is -1.33. The minimum absolute atomic E-state index is 0.292. The fourth-order valence-electron chi connectivity index (χ4n) is 1.49. The monoisotopic (exact) mass is 255 g/mol. The molecule has 1 amide bonds. The summed E-state index contributed by atoms with van der Waals surface area (Å²) >= 11 is 5.79. The molecule has 0 atom stereocenters. The van der Waals surface area contributed by atoms with Gasteiger partial charge >= 0.3 is 5.97 Å². The van der Waals surface area contributed by atoms with Gasteiger partial charge in [-0.15, -0.1) is 0 Å². The lowest BCUT2D eigenvalue weighted by Gasteiger charge is -2.19. The Morgan fingerprint density at radius 3 is 2.65 bits per heavy atom. The topological polar surface area (TPSA) is 57.6 Å². The summed E-state index contributed by atoms with van der Waals surface area (Å²) in [6.07, 6.45) is 0.708. The maximum Gasteiger partial charge on any atom is 0.323 e. The second-order valence-electron chi connectivity index (χ2n) is 3.63. The van der Waals surface area contributed by atoms with Gasteiger partial charge in [0, 0.05) is 17.1 Å². The first-order chi connectivity index (χ1) is 8.04. The Hall–Kier alpha value is -1.55. The second-order valence-corrected chi connectivity index (χ2v) is 4.07. The van der Waals surface area contributed by atoms with Gasteiger partial charge in [-0.25, -0.2) is 0 Å². The Morgan fingerprint density at radius 2 is 2.12 bits per heavy atom. The van der Waals surface area contributed by atoms with E-state index >= 15 is 0 Å². The number of halogens is 1. The number of rotatable bonds is 5. The Balaban J connectivity index is 2.87. The van der Waals surface area contributed by atoms with Crippen molar-refractivity contribution in [3.05, 3.63) is 34.9 Å². The van der Waals surface area contributed by atoms with E-state index in [1.165, 1.54) is 11.0 Å². The van der Waals surface area contributed by atoms with E-state index < -0.39 is 5.97 Å². The average molecular weight is 256 g/mol. The molecule has 1 aromatic carbocycles. The van der Waals surface area contributed by atoms with Crippen LogP contribution < -0.4 is 0 Å². The molecular formula is C12H14ClNO3. The number of benzene rings is 1. The third-order valence-corrected chi connectivity index (χ3v) is 2.41. The predicted molar refractivity (Wildman–Crippen MR) is 65.3 cm³/mol. The summed E-state index contributed by atoms with van der Waals surface area (Å²) in [5, 5.41) is 9.20. The molecule has 1 N–H and O–H groups in total. The molecule has 0 radical (unpaired) electrons. The van der Waals surface area contributed by atoms with Crippen LogP contribution in [-0.2, 0) is 4.79 Å². The molecule has 1 aromatic rings. The molecule has 92 valence electrons. The maximum atomic E-state index is 12.0. The second kappa shape index (κ2) is 6.25. The molecule has 0 unspecified atom stereocenters. The van der Waals surface area contributed by atoms with Gasteiger partial charge in [-0.3, -0.25) is 9.59 Å². The molecule has 5 heteroatoms. The number of aliphatic carboxylic acids is 1. The summed E-state index contributed by atoms with van der Waals surface area (Å²) in [4.78, 5) is 24.0. The Kier molecular flexibility index (Phi) is 4.97. The van der Waals surface area contributed by atoms with Crippen LogP contribution in [0.15, 0.2) is 24.3 Å². The van der Waals surface area contributed by atoms with Crippen LogP contribution >= 0.6 is 11.6 Å². The zero-order valence-electron chi connectivity index (χ0n) is 9.52. The molecule has 0 aromatic heterocycles. The molecule has 4 nitrogen and oxygen atoms in total. The van der Waals surface area contributed by atoms with Crippen molar-refractivity contribution in [2.24, 2.45) is 0 Å². The number of carbonyl (C=O) groups excluding carboxylic acids is 1. The highest BCUT2D eigenvalue weighted by atomic mass is 35.5. The highest BCUT2D eigenvalue weighted by Crippen LogP contribution is 2.13. The molecule has 0 aliphatic heterocycles. The number of hydrogen-bond donors (Lipinski definition) is 1. The molecule has 0 bridgehead atoms. The lowest BCUT2D eigenvalue weighted by Crippen LogP contribution is -2.36. The van der Waals surface area contributed by atoms with Crippen molar-refractivity contribution in [3.63, 3.8) is 0 Å². The summed E-state index contributed by atoms with van der Waals surface area (Å²) < 4.78 is 0. The standard InChI is InChI=1S/C12H14ClNO3/c1-2-6-14(8-11(15)16)12(17)9-4-3-5-10(13)7-9/h3-5,7H,2,6,8H2,1H3,(H,15,16). The summed E-state index contributed by atoms with van der Waals surface area (Å²) in [5.41, 5.74) is 0.409. The molecule has 0 heterocycles. The number of carboxylic acid groups (broad SMARTS) is 1. The minimum Gasteiger partial charge on any atom is -0.480 e. The van der Waals surface area contributed by atoms with E-state index in [1.807, 2.05) is 6.92 Å². The van der Waals surface area contributed by atoms with E-state index in [1.54, 1.807) is 18.2 Å². The van der Waals surface area contributed by atoms with Gasteiger partial charge in [-0.2, -0.15) is 0 Å². The lowest BCUT2D eigenvalue weighted by molar-refractivity contribution is -0.137. The lowest BCUT2D eigenvalue weighted by atomic mass is 10.2. The van der Waals surface area contributed by atoms with Gasteiger partial charge in [0.05, 0.1) is 0 Å². The van der Waals surface area contributed by atoms with E-state index in [-0.39, 0.29) is 12.5 Å². The SMILES string of the molecule is CCCN(CC(=O)O)C(=O)c1cccc(Cl)c1. The van der Waals surface area contributed by atoms with Crippen molar-refractivity contribution in [2.75, 3.05) is 13.1 Å². The maximum absolute atomic E-state index is 12.0. The van der Waals surface area contributed by atoms with Crippen LogP contribution in [0.1, 0.15) is 23.7 Å². The van der Waals surface area contributed by atoms with Crippen LogP contribution in [0.3, 0.4) is 0 Å². The molecule has 0 saturated heterocycles. The van der Waals surface area contributed by atoms with E-state index in [4.69, 9.17) is 16.7 Å². The van der Waals surface area contributed by atoms with Gasteiger partial charge < -0.3 is 10.0 Å². The summed E-state index contributed by atoms with van der Waals surface area (Å²) in [6.45, 7) is 2.01. The van der Waals surface area contributed by atoms with Crippen molar-refractivity contribution in [1.82, 2.24) is 4.90 Å². The van der Waals surface area contributed by atoms with Gasteiger partial charge in [0.15, 0.2) is 0 Å². The van der Waals surface area contributed by atoms with Crippen LogP contribution in [0.5, 0.6) is 0 Å². The number of nitrogens with zero attached hydrogens (tertiary/aromatic N) is 1. The number of hydrogen-bond acceptors (Lipinski definition) is 2. The van der Waals surface area contributed by atoms with Crippen molar-refractivity contribution >= 4 is 23.5 Å². The highest BCUT2D eigenvalue weighted by Gasteiger charge is 2.17. The average Bonchev–Trinajstić information content (AvgIpc) is 2.27. The van der Waals surface area contributed by atoms with Crippen LogP contribution in [0.2, 0.25) is 5.02 Å². The molecule has 0 aliphatic carbocycles. The molecule has 1 rings (SSSR count). The summed E-state index contributed by atoms with van der Waals surface area (Å²) in [6, 6.07) is 6.49. The Bertz CT molecular complexity index is 420. The number of carbonyl (C=O) groups is 2. The number of amides is 1. The molecule has 0 fully saturated rings. The van der Waals surface area contributed by atoms with Gasteiger partial charge in [0.2, 0.25) is 0 Å². The van der Waals surface area contributed by atoms with Crippen molar-refractivity contribution < 1.29 is 14.7 Å². The molecule has 0 saturated carbocycles. The van der Waals surface area contributed by atoms with E-state index in [0.717, 1.165) is 0 Å². The van der Waals surface area contributed by atoms with Crippen LogP contribution in [0, 0.1) is 0 Å². The zero-order valence-corrected chi connectivity index (χ0v) is 10.3. The van der Waals surface area contributed by atoms with Crippen LogP contribution in [0.25, 0.3) is 0 Å². The van der Waals surface area contributed by atoms with Gasteiger partial charge in [-0.1, -0.05) is 24.6 Å². The first kappa shape index (κ1) is 13.5. The minimum atomic E-state index is -1.02. The van der Waals surface area contributed by atoms with Gasteiger partial charge in [0.25, 0.3) is 5.91 Å². The van der Waals surface area contributed by atoms with Crippen LogP contribution in [0.4, 0.5) is 0 Å². The van der Waals surface area contributed by atoms with E-state index in [0.29, 0.717) is 23.6 Å². The highest BCUT2D eigenvalue weighted by molar-refractivity contribution is 6.30. The smallest absolute Gasteiger partial charge is 0.323 e. The molecule has 17 heavy (non-hydrogen) atoms. The van der Waals surface area contributed by atoms with Crippen molar-refractivity contribution in [1.29, 1.82) is 0 Å². The van der Waals surface area contributed by atoms with E-state index in [2.05, 4.69) is 0 Å². The van der Waals surface area contributed by atoms with Gasteiger partial charge in [-0.05, 0) is 24.6 Å². The zero-order chi connectivity index (χ0) is 12.8. The van der Waals surface area contributed by atoms with Crippen molar-refractivity contribution in [2.45, 2.75) is 13.3 Å². The summed E-state index contributed by atoms with van der Waals surface area (Å²) in [7, 11) is 0. The third-order valence-electron chi connectivity index (χ3n) is 2.18. The predicted octanol–water partition coefficient (Wildman–Crippen LogP) is 2.28. The van der Waals surface area contributed by atoms with E-state index in [9.17, 15) is 9.59 Å². The van der Waals surface area contributed by atoms with Crippen molar-refractivity contribution in [3.8, 4) is 0 Å². The van der Waals surface area contributed by atoms with Gasteiger partial charge in [0.1, 0.15) is 6.54 Å². The molecular weight excluding hydrogens is 242 g/mol. The van der Waals surface area contributed by atoms with Crippen LogP contribution in [-0.4, -0.2) is 35.0 Å².